The molecular formula is C12H24B3F12N2O2-3. The van der Waals surface area contributed by atoms with E-state index in [1.165, 1.54) is 0 Å². The number of piperazine rings is 1. The molecule has 0 saturated carbocycles. The lowest BCUT2D eigenvalue weighted by molar-refractivity contribution is 0.00726. The van der Waals surface area contributed by atoms with Crippen LogP contribution in [0.2, 0.25) is 0 Å². The molecule has 0 radical (unpaired) electrons. The molecule has 0 aliphatic carbocycles. The molecule has 0 aromatic rings. The zero-order valence-corrected chi connectivity index (χ0v) is 17.4. The molecule has 0 aromatic carbocycles. The minimum Gasteiger partial charge on any atom is -0.444 e. The maximum atomic E-state index is 11.9. The average molecular weight is 489 g/mol. The number of ether oxygens (including phenoxy) is 1. The summed E-state index contributed by atoms with van der Waals surface area (Å²) in [5.41, 5.74) is -0.401. The lowest BCUT2D eigenvalue weighted by Gasteiger charge is -2.39. The van der Waals surface area contributed by atoms with Crippen molar-refractivity contribution >= 4 is 27.9 Å². The molecule has 4 nitrogen and oxygen atoms in total. The fourth-order valence-corrected chi connectivity index (χ4v) is 1.88. The summed E-state index contributed by atoms with van der Waals surface area (Å²) >= 11 is 0. The Morgan fingerprint density at radius 2 is 1.16 bits per heavy atom. The van der Waals surface area contributed by atoms with Crippen molar-refractivity contribution in [2.45, 2.75) is 45.8 Å². The molecule has 1 aliphatic heterocycles. The van der Waals surface area contributed by atoms with Gasteiger partial charge in [0.15, 0.2) is 0 Å². The van der Waals surface area contributed by atoms with E-state index in [2.05, 4.69) is 18.9 Å². The molecule has 1 aliphatic rings. The second-order valence-electron chi connectivity index (χ2n) is 6.95. The molecule has 19 heteroatoms. The highest BCUT2D eigenvalue weighted by atomic mass is 19.5. The van der Waals surface area contributed by atoms with E-state index in [1.54, 1.807) is 0 Å². The predicted molar refractivity (Wildman–Crippen MR) is 95.1 cm³/mol. The van der Waals surface area contributed by atoms with Gasteiger partial charge in [-0.15, -0.1) is 0 Å². The first-order chi connectivity index (χ1) is 13.3. The number of rotatable bonds is 1. The van der Waals surface area contributed by atoms with Crippen LogP contribution in [0, 0.1) is 0 Å². The summed E-state index contributed by atoms with van der Waals surface area (Å²) in [6.07, 6.45) is 0.884. The van der Waals surface area contributed by atoms with E-state index in [0.29, 0.717) is 6.04 Å². The van der Waals surface area contributed by atoms with Gasteiger partial charge in [0.25, 0.3) is 0 Å². The van der Waals surface area contributed by atoms with Crippen LogP contribution in [-0.4, -0.2) is 76.0 Å². The summed E-state index contributed by atoms with van der Waals surface area (Å²) in [6, 6.07) is 0.460. The number of hydrogen-bond donors (Lipinski definition) is 0. The molecule has 1 rings (SSSR count). The maximum Gasteiger partial charge on any atom is 0.673 e. The third kappa shape index (κ3) is 39.6. The zero-order valence-electron chi connectivity index (χ0n) is 17.4. The van der Waals surface area contributed by atoms with E-state index in [9.17, 15) is 56.6 Å². The number of halogens is 12. The van der Waals surface area contributed by atoms with Crippen molar-refractivity contribution < 1.29 is 61.3 Å². The van der Waals surface area contributed by atoms with Gasteiger partial charge in [-0.2, -0.15) is 0 Å². The Hall–Kier alpha value is -1.42. The van der Waals surface area contributed by atoms with Crippen molar-refractivity contribution in [3.05, 3.63) is 0 Å². The average Bonchev–Trinajstić information content (AvgIpc) is 2.40. The fourth-order valence-electron chi connectivity index (χ4n) is 1.88. The molecule has 1 unspecified atom stereocenters. The molecule has 1 heterocycles. The molecule has 190 valence electrons. The smallest absolute Gasteiger partial charge is 0.444 e. The van der Waals surface area contributed by atoms with Gasteiger partial charge in [0.05, 0.1) is 0 Å². The lowest BCUT2D eigenvalue weighted by Crippen LogP contribution is -2.53. The number of likely N-dealkylation sites (N-methyl/N-ethyl adjacent to an activating group) is 1. The normalized spacial score (nSPS) is 17.8. The topological polar surface area (TPSA) is 32.8 Å². The Morgan fingerprint density at radius 3 is 1.42 bits per heavy atom. The number of hydrogen-bond acceptors (Lipinski definition) is 3. The molecule has 1 amide bonds. The second kappa shape index (κ2) is 13.9. The van der Waals surface area contributed by atoms with Crippen LogP contribution in [0.3, 0.4) is 0 Å². The van der Waals surface area contributed by atoms with Gasteiger partial charge in [-0.3, -0.25) is 4.90 Å². The van der Waals surface area contributed by atoms with Crippen molar-refractivity contribution in [2.75, 3.05) is 26.7 Å². The summed E-state index contributed by atoms with van der Waals surface area (Å²) < 4.78 is 122. The Kier molecular flexibility index (Phi) is 15.3. The SMILES string of the molecule is CCC1CN(C(=O)OC(C)(C)C)CCN1C.F[B-](F)(F)F.F[B-](F)(F)F.F[B-](F)(F)F. The quantitative estimate of drug-likeness (QED) is 0.343. The Labute approximate surface area is 172 Å². The van der Waals surface area contributed by atoms with Gasteiger partial charge in [0.2, 0.25) is 0 Å². The van der Waals surface area contributed by atoms with Crippen molar-refractivity contribution in [1.82, 2.24) is 9.80 Å². The van der Waals surface area contributed by atoms with E-state index in [1.807, 2.05) is 25.7 Å². The predicted octanol–water partition coefficient (Wildman–Crippen LogP) is 5.85. The number of amides is 1. The summed E-state index contributed by atoms with van der Waals surface area (Å²) in [5, 5.41) is 0. The molecule has 1 saturated heterocycles. The highest BCUT2D eigenvalue weighted by Crippen LogP contribution is 2.15. The summed E-state index contributed by atoms with van der Waals surface area (Å²) in [6.45, 7) is 10.3. The van der Waals surface area contributed by atoms with Crippen molar-refractivity contribution in [3.63, 3.8) is 0 Å². The summed E-state index contributed by atoms with van der Waals surface area (Å²) in [7, 11) is -15.9. The first kappa shape index (κ1) is 34.2. The minimum absolute atomic E-state index is 0.181. The van der Waals surface area contributed by atoms with Gasteiger partial charge in [0, 0.05) is 25.7 Å². The first-order valence-electron chi connectivity index (χ1n) is 8.63. The highest BCUT2D eigenvalue weighted by Gasteiger charge is 2.29. The molecule has 0 aromatic heterocycles. The largest absolute Gasteiger partial charge is 0.673 e. The molecule has 31 heavy (non-hydrogen) atoms. The Balaban J connectivity index is -0.000000428. The van der Waals surface area contributed by atoms with Crippen LogP contribution in [0.25, 0.3) is 0 Å². The van der Waals surface area contributed by atoms with Gasteiger partial charge in [-0.1, -0.05) is 6.92 Å². The van der Waals surface area contributed by atoms with Crippen LogP contribution in [-0.2, 0) is 4.74 Å². The molecular weight excluding hydrogens is 465 g/mol. The molecule has 0 spiro atoms. The van der Waals surface area contributed by atoms with Crippen molar-refractivity contribution in [3.8, 4) is 0 Å². The fraction of sp³-hybridized carbons (Fsp3) is 0.917. The highest BCUT2D eigenvalue weighted by molar-refractivity contribution is 6.50. The first-order valence-corrected chi connectivity index (χ1v) is 8.63. The van der Waals surface area contributed by atoms with Gasteiger partial charge >= 0.3 is 27.9 Å². The van der Waals surface area contributed by atoms with Crippen LogP contribution < -0.4 is 0 Å². The standard InChI is InChI=1S/C12H24N2O2.3BF4/c1-6-10-9-14(8-7-13(10)5)11(15)16-12(2,3)4;3*2-1(3,4)5/h10H,6-9H2,1-5H3;;;/q;3*-1. The van der Waals surface area contributed by atoms with Crippen LogP contribution in [0.15, 0.2) is 0 Å². The van der Waals surface area contributed by atoms with E-state index < -0.39 is 27.4 Å². The third-order valence-corrected chi connectivity index (χ3v) is 2.90. The van der Waals surface area contributed by atoms with E-state index >= 15 is 0 Å². The zero-order chi connectivity index (χ0) is 25.8. The van der Waals surface area contributed by atoms with E-state index in [-0.39, 0.29) is 6.09 Å². The molecule has 0 N–H and O–H groups in total. The van der Waals surface area contributed by atoms with Crippen molar-refractivity contribution in [2.24, 2.45) is 0 Å². The number of carbonyl (C=O) groups is 1. The maximum absolute atomic E-state index is 11.9. The van der Waals surface area contributed by atoms with Crippen molar-refractivity contribution in [1.29, 1.82) is 0 Å². The van der Waals surface area contributed by atoms with E-state index in [4.69, 9.17) is 4.74 Å². The lowest BCUT2D eigenvalue weighted by atomic mass is 10.1. The summed E-state index contributed by atoms with van der Waals surface area (Å²) in [4.78, 5) is 16.0. The molecule has 1 fully saturated rings. The summed E-state index contributed by atoms with van der Waals surface area (Å²) in [5.74, 6) is 0. The van der Waals surface area contributed by atoms with Gasteiger partial charge in [-0.05, 0) is 34.2 Å². The minimum atomic E-state index is -6.00. The molecule has 0 bridgehead atoms. The molecule has 1 atom stereocenters. The second-order valence-corrected chi connectivity index (χ2v) is 6.95. The van der Waals surface area contributed by atoms with Gasteiger partial charge in [0.1, 0.15) is 5.60 Å². The number of carbonyl (C=O) groups excluding carboxylic acids is 1. The van der Waals surface area contributed by atoms with Crippen LogP contribution in [0.5, 0.6) is 0 Å². The van der Waals surface area contributed by atoms with Gasteiger partial charge in [-0.25, -0.2) is 4.79 Å². The third-order valence-electron chi connectivity index (χ3n) is 2.90. The van der Waals surface area contributed by atoms with E-state index in [0.717, 1.165) is 26.1 Å². The number of nitrogens with zero attached hydrogens (tertiary/aromatic N) is 2. The van der Waals surface area contributed by atoms with Crippen LogP contribution >= 0.6 is 0 Å². The Bertz CT molecular complexity index is 451. The van der Waals surface area contributed by atoms with Gasteiger partial charge < -0.3 is 61.4 Å². The Morgan fingerprint density at radius 1 is 0.839 bits per heavy atom. The van der Waals surface area contributed by atoms with Crippen LogP contribution in [0.1, 0.15) is 34.1 Å². The monoisotopic (exact) mass is 489 g/mol. The van der Waals surface area contributed by atoms with Crippen LogP contribution in [0.4, 0.5) is 56.6 Å².